The summed E-state index contributed by atoms with van der Waals surface area (Å²) in [6.45, 7) is 15.8. The molecule has 0 aromatic heterocycles. The van der Waals surface area contributed by atoms with Gasteiger partial charge in [0.1, 0.15) is 0 Å². The molecule has 0 unspecified atom stereocenters. The highest BCUT2D eigenvalue weighted by atomic mass is 15.1. The molecule has 34 heavy (non-hydrogen) atoms. The van der Waals surface area contributed by atoms with Gasteiger partial charge in [-0.1, -0.05) is 163 Å². The van der Waals surface area contributed by atoms with Crippen molar-refractivity contribution in [1.29, 1.82) is 0 Å². The first-order valence-corrected chi connectivity index (χ1v) is 16.3. The monoisotopic (exact) mass is 480 g/mol. The Morgan fingerprint density at radius 3 is 0.912 bits per heavy atom. The fourth-order valence-electron chi connectivity index (χ4n) is 5.17. The molecule has 0 saturated carbocycles. The van der Waals surface area contributed by atoms with E-state index in [2.05, 4.69) is 39.5 Å². The summed E-state index contributed by atoms with van der Waals surface area (Å²) < 4.78 is 0. The molecule has 0 spiro atoms. The number of hydrogen-bond acceptors (Lipinski definition) is 1. The molecule has 1 heteroatoms. The summed E-state index contributed by atoms with van der Waals surface area (Å²) >= 11 is 0. The van der Waals surface area contributed by atoms with Crippen LogP contribution in [-0.4, -0.2) is 24.5 Å². The van der Waals surface area contributed by atoms with Crippen molar-refractivity contribution in [2.75, 3.05) is 19.6 Å². The van der Waals surface area contributed by atoms with Crippen LogP contribution in [0.5, 0.6) is 0 Å². The lowest BCUT2D eigenvalue weighted by Crippen LogP contribution is -2.27. The van der Waals surface area contributed by atoms with E-state index in [0.717, 1.165) is 11.8 Å². The Hall–Kier alpha value is -0.0400. The third kappa shape index (κ3) is 28.2. The van der Waals surface area contributed by atoms with Gasteiger partial charge < -0.3 is 4.90 Å². The molecular formula is C33H69N. The standard InChI is InChI=1S/C33H69N/c1-6-7-24-29-34(30-25-20-16-12-8-10-14-18-22-27-32(2)3)31-26-21-17-13-9-11-15-19-23-28-33(4)5/h32-33H,6-31H2,1-5H3. The Bertz CT molecular complexity index is 332. The number of nitrogens with zero attached hydrogens (tertiary/aromatic N) is 1. The smallest absolute Gasteiger partial charge is 0.00187 e. The first kappa shape index (κ1) is 34.0. The van der Waals surface area contributed by atoms with E-state index in [1.807, 2.05) is 0 Å². The highest BCUT2D eigenvalue weighted by Gasteiger charge is 2.05. The van der Waals surface area contributed by atoms with Gasteiger partial charge in [-0.2, -0.15) is 0 Å². The van der Waals surface area contributed by atoms with Crippen molar-refractivity contribution in [1.82, 2.24) is 4.90 Å². The molecule has 0 heterocycles. The van der Waals surface area contributed by atoms with Gasteiger partial charge in [0.05, 0.1) is 0 Å². The van der Waals surface area contributed by atoms with Crippen molar-refractivity contribution in [3.05, 3.63) is 0 Å². The molecule has 0 radical (unpaired) electrons. The molecule has 0 fully saturated rings. The summed E-state index contributed by atoms with van der Waals surface area (Å²) in [7, 11) is 0. The maximum atomic E-state index is 2.80. The summed E-state index contributed by atoms with van der Waals surface area (Å²) in [6, 6.07) is 0. The Balaban J connectivity index is 3.61. The van der Waals surface area contributed by atoms with Gasteiger partial charge in [-0.3, -0.25) is 0 Å². The van der Waals surface area contributed by atoms with E-state index in [9.17, 15) is 0 Å². The van der Waals surface area contributed by atoms with Crippen molar-refractivity contribution in [2.24, 2.45) is 11.8 Å². The molecule has 0 rings (SSSR count). The van der Waals surface area contributed by atoms with Crippen LogP contribution in [0.4, 0.5) is 0 Å². The van der Waals surface area contributed by atoms with Crippen molar-refractivity contribution in [2.45, 2.75) is 182 Å². The van der Waals surface area contributed by atoms with Crippen LogP contribution in [0.1, 0.15) is 182 Å². The van der Waals surface area contributed by atoms with Gasteiger partial charge in [-0.15, -0.1) is 0 Å². The van der Waals surface area contributed by atoms with Crippen LogP contribution < -0.4 is 0 Å². The summed E-state index contributed by atoms with van der Waals surface area (Å²) in [5.74, 6) is 1.78. The van der Waals surface area contributed by atoms with E-state index in [0.29, 0.717) is 0 Å². The average Bonchev–Trinajstić information content (AvgIpc) is 2.80. The van der Waals surface area contributed by atoms with Gasteiger partial charge in [0.15, 0.2) is 0 Å². The molecule has 0 atom stereocenters. The molecule has 0 bridgehead atoms. The Morgan fingerprint density at radius 2 is 0.618 bits per heavy atom. The van der Waals surface area contributed by atoms with Gasteiger partial charge in [-0.05, 0) is 50.7 Å². The molecule has 0 aliphatic heterocycles. The second-order valence-corrected chi connectivity index (χ2v) is 12.3. The number of unbranched alkanes of at least 4 members (excludes halogenated alkanes) is 18. The molecule has 0 aliphatic rings. The molecule has 1 nitrogen and oxygen atoms in total. The van der Waals surface area contributed by atoms with E-state index in [1.165, 1.54) is 167 Å². The molecule has 0 aliphatic carbocycles. The Kier molecular flexibility index (Phi) is 27.5. The number of rotatable bonds is 28. The zero-order valence-corrected chi connectivity index (χ0v) is 25.0. The minimum absolute atomic E-state index is 0.890. The number of hydrogen-bond donors (Lipinski definition) is 0. The van der Waals surface area contributed by atoms with Gasteiger partial charge in [0.2, 0.25) is 0 Å². The first-order valence-electron chi connectivity index (χ1n) is 16.3. The van der Waals surface area contributed by atoms with Crippen molar-refractivity contribution in [3.8, 4) is 0 Å². The molecule has 206 valence electrons. The topological polar surface area (TPSA) is 3.24 Å². The van der Waals surface area contributed by atoms with Crippen LogP contribution >= 0.6 is 0 Å². The van der Waals surface area contributed by atoms with E-state index in [-0.39, 0.29) is 0 Å². The van der Waals surface area contributed by atoms with E-state index in [4.69, 9.17) is 0 Å². The fraction of sp³-hybridized carbons (Fsp3) is 1.00. The van der Waals surface area contributed by atoms with Gasteiger partial charge in [0.25, 0.3) is 0 Å². The van der Waals surface area contributed by atoms with Crippen LogP contribution in [0.2, 0.25) is 0 Å². The van der Waals surface area contributed by atoms with E-state index < -0.39 is 0 Å². The van der Waals surface area contributed by atoms with Crippen LogP contribution in [-0.2, 0) is 0 Å². The maximum Gasteiger partial charge on any atom is -0.00187 e. The lowest BCUT2D eigenvalue weighted by Gasteiger charge is -2.22. The molecule has 0 amide bonds. The Morgan fingerprint density at radius 1 is 0.353 bits per heavy atom. The van der Waals surface area contributed by atoms with Crippen molar-refractivity contribution >= 4 is 0 Å². The van der Waals surface area contributed by atoms with Gasteiger partial charge in [0, 0.05) is 0 Å². The van der Waals surface area contributed by atoms with E-state index in [1.54, 1.807) is 0 Å². The summed E-state index contributed by atoms with van der Waals surface area (Å²) in [5, 5.41) is 0. The lowest BCUT2D eigenvalue weighted by atomic mass is 10.0. The van der Waals surface area contributed by atoms with Crippen LogP contribution in [0, 0.1) is 11.8 Å². The SMILES string of the molecule is CCCCCN(CCCCCCCCCCCC(C)C)CCCCCCCCCCCC(C)C. The average molecular weight is 480 g/mol. The molecule has 0 aromatic carbocycles. The summed E-state index contributed by atoms with van der Waals surface area (Å²) in [6.07, 6.45) is 33.3. The summed E-state index contributed by atoms with van der Waals surface area (Å²) in [4.78, 5) is 2.80. The highest BCUT2D eigenvalue weighted by Crippen LogP contribution is 2.15. The molecule has 0 N–H and O–H groups in total. The zero-order valence-electron chi connectivity index (χ0n) is 25.0. The van der Waals surface area contributed by atoms with Gasteiger partial charge in [-0.25, -0.2) is 0 Å². The lowest BCUT2D eigenvalue weighted by molar-refractivity contribution is 0.255. The molecule has 0 aromatic rings. The Labute approximate surface area is 218 Å². The fourth-order valence-corrected chi connectivity index (χ4v) is 5.17. The van der Waals surface area contributed by atoms with Crippen molar-refractivity contribution < 1.29 is 0 Å². The quantitative estimate of drug-likeness (QED) is 0.101. The highest BCUT2D eigenvalue weighted by molar-refractivity contribution is 4.60. The summed E-state index contributed by atoms with van der Waals surface area (Å²) in [5.41, 5.74) is 0. The second-order valence-electron chi connectivity index (χ2n) is 12.3. The van der Waals surface area contributed by atoms with Crippen LogP contribution in [0.3, 0.4) is 0 Å². The second kappa shape index (κ2) is 27.5. The minimum Gasteiger partial charge on any atom is -0.303 e. The largest absolute Gasteiger partial charge is 0.303 e. The predicted octanol–water partition coefficient (Wildman–Crippen LogP) is 11.6. The molecule has 0 saturated heterocycles. The third-order valence-electron chi connectivity index (χ3n) is 7.59. The first-order chi connectivity index (χ1) is 16.6. The predicted molar refractivity (Wildman–Crippen MR) is 158 cm³/mol. The third-order valence-corrected chi connectivity index (χ3v) is 7.59. The van der Waals surface area contributed by atoms with Crippen molar-refractivity contribution in [3.63, 3.8) is 0 Å². The van der Waals surface area contributed by atoms with Crippen LogP contribution in [0.15, 0.2) is 0 Å². The molecular weight excluding hydrogens is 410 g/mol. The van der Waals surface area contributed by atoms with Gasteiger partial charge >= 0.3 is 0 Å². The van der Waals surface area contributed by atoms with Crippen LogP contribution in [0.25, 0.3) is 0 Å². The maximum absolute atomic E-state index is 2.80. The minimum atomic E-state index is 0.890. The van der Waals surface area contributed by atoms with E-state index >= 15 is 0 Å². The zero-order chi connectivity index (χ0) is 25.1. The normalized spacial score (nSPS) is 12.0.